The first-order valence-electron chi connectivity index (χ1n) is 1.24. The van der Waals surface area contributed by atoms with Crippen LogP contribution in [0.2, 0.25) is 0 Å². The molecule has 42 valence electrons. The molecule has 0 aliphatic rings. The fraction of sp³-hybridized carbons (Fsp3) is 1.00. The van der Waals surface area contributed by atoms with Crippen molar-refractivity contribution in [2.75, 3.05) is 0 Å². The lowest BCUT2D eigenvalue weighted by molar-refractivity contribution is -0.417. The average molecular weight is 126 g/mol. The summed E-state index contributed by atoms with van der Waals surface area (Å²) >= 11 is 0. The van der Waals surface area contributed by atoms with Gasteiger partial charge in [-0.3, -0.25) is 0 Å². The van der Waals surface area contributed by atoms with Gasteiger partial charge in [-0.15, -0.1) is 0 Å². The van der Waals surface area contributed by atoms with Gasteiger partial charge in [-0.05, 0) is 0 Å². The minimum atomic E-state index is -3.27. The molecule has 0 bridgehead atoms. The number of rotatable bonds is 2. The highest BCUT2D eigenvalue weighted by molar-refractivity contribution is 7.17. The van der Waals surface area contributed by atoms with Gasteiger partial charge in [0, 0.05) is 0 Å². The fourth-order valence-corrected chi connectivity index (χ4v) is 0.150. The van der Waals surface area contributed by atoms with Gasteiger partial charge in [0.2, 0.25) is 0 Å². The molecular formula is CH3O5P. The van der Waals surface area contributed by atoms with Crippen molar-refractivity contribution in [3.63, 3.8) is 0 Å². The Kier molecular flexibility index (Phi) is 2.28. The summed E-state index contributed by atoms with van der Waals surface area (Å²) in [4.78, 5) is 0. The first kappa shape index (κ1) is 6.94. The molecule has 0 aromatic carbocycles. The van der Waals surface area contributed by atoms with Gasteiger partial charge >= 0.3 is 14.8 Å². The summed E-state index contributed by atoms with van der Waals surface area (Å²) in [5.74, 6) is 0. The van der Waals surface area contributed by atoms with Crippen LogP contribution in [0.1, 0.15) is 0 Å². The third kappa shape index (κ3) is 5.94. The molecule has 0 atom stereocenters. The van der Waals surface area contributed by atoms with E-state index in [1.807, 2.05) is 0 Å². The maximum Gasteiger partial charge on any atom is 0.415 e. The first-order valence-corrected chi connectivity index (χ1v) is 1.97. The zero-order valence-electron chi connectivity index (χ0n) is 3.11. The van der Waals surface area contributed by atoms with E-state index in [-0.39, 0.29) is 0 Å². The van der Waals surface area contributed by atoms with Crippen molar-refractivity contribution in [2.24, 2.45) is 0 Å². The molecule has 0 heterocycles. The molecule has 7 heavy (non-hydrogen) atoms. The third-order valence-corrected chi connectivity index (χ3v) is 0.479. The van der Waals surface area contributed by atoms with E-state index in [1.54, 1.807) is 0 Å². The largest absolute Gasteiger partial charge is 0.415 e. The molecular weight excluding hydrogens is 123 g/mol. The minimum absolute atomic E-state index is 0.991. The van der Waals surface area contributed by atoms with Crippen molar-refractivity contribution < 1.29 is 24.4 Å². The predicted molar refractivity (Wildman–Crippen MR) is 18.1 cm³/mol. The molecule has 0 amide bonds. The van der Waals surface area contributed by atoms with E-state index >= 15 is 0 Å². The van der Waals surface area contributed by atoms with Crippen LogP contribution >= 0.6 is 8.69 Å². The SMILES string of the molecule is O=POC(O)(O)O. The highest BCUT2D eigenvalue weighted by Gasteiger charge is 2.18. The van der Waals surface area contributed by atoms with Gasteiger partial charge in [0.25, 0.3) is 0 Å². The van der Waals surface area contributed by atoms with Gasteiger partial charge in [-0.2, -0.15) is 0 Å². The highest BCUT2D eigenvalue weighted by Crippen LogP contribution is 2.04. The summed E-state index contributed by atoms with van der Waals surface area (Å²) in [7, 11) is -0.991. The lowest BCUT2D eigenvalue weighted by atomic mass is 11.2. The highest BCUT2D eigenvalue weighted by atomic mass is 31.1. The normalized spacial score (nSPS) is 12.4. The Hall–Kier alpha value is -0.0600. The maximum atomic E-state index is 9.22. The van der Waals surface area contributed by atoms with Gasteiger partial charge in [0.05, 0.1) is 0 Å². The first-order chi connectivity index (χ1) is 3.06. The molecule has 0 radical (unpaired) electrons. The van der Waals surface area contributed by atoms with Crippen LogP contribution in [0.5, 0.6) is 0 Å². The molecule has 0 aromatic heterocycles. The molecule has 0 spiro atoms. The molecule has 0 aliphatic carbocycles. The van der Waals surface area contributed by atoms with Crippen LogP contribution < -0.4 is 0 Å². The van der Waals surface area contributed by atoms with E-state index in [9.17, 15) is 4.57 Å². The van der Waals surface area contributed by atoms with Gasteiger partial charge in [0.1, 0.15) is 0 Å². The van der Waals surface area contributed by atoms with Crippen LogP contribution in [0.25, 0.3) is 0 Å². The van der Waals surface area contributed by atoms with E-state index in [4.69, 9.17) is 15.3 Å². The van der Waals surface area contributed by atoms with Crippen molar-refractivity contribution in [1.82, 2.24) is 0 Å². The molecule has 6 heteroatoms. The number of hydrogen-bond donors (Lipinski definition) is 3. The Balaban J connectivity index is 3.34. The summed E-state index contributed by atoms with van der Waals surface area (Å²) in [6.07, 6.45) is -3.27. The summed E-state index contributed by atoms with van der Waals surface area (Å²) in [6.45, 7) is 0. The second-order valence-corrected chi connectivity index (χ2v) is 1.07. The van der Waals surface area contributed by atoms with E-state index in [1.165, 1.54) is 0 Å². The Bertz CT molecular complexity index is 63.0. The topological polar surface area (TPSA) is 87.0 Å². The zero-order chi connectivity index (χ0) is 5.91. The summed E-state index contributed by atoms with van der Waals surface area (Å²) in [6, 6.07) is 0. The Labute approximate surface area is 40.4 Å². The second-order valence-electron chi connectivity index (χ2n) is 0.740. The fourth-order valence-electron chi connectivity index (χ4n) is 0.0500. The monoisotopic (exact) mass is 126 g/mol. The number of hydrogen-bond acceptors (Lipinski definition) is 5. The Morgan fingerprint density at radius 1 is 1.43 bits per heavy atom. The third-order valence-electron chi connectivity index (χ3n) is 0.160. The van der Waals surface area contributed by atoms with Crippen LogP contribution in [-0.2, 0) is 9.09 Å². The summed E-state index contributed by atoms with van der Waals surface area (Å²) in [5.41, 5.74) is 0. The van der Waals surface area contributed by atoms with Crippen LogP contribution in [-0.4, -0.2) is 21.5 Å². The molecule has 3 N–H and O–H groups in total. The Morgan fingerprint density at radius 2 is 1.86 bits per heavy atom. The van der Waals surface area contributed by atoms with Crippen LogP contribution in [0, 0.1) is 0 Å². The molecule has 0 saturated carbocycles. The molecule has 0 saturated heterocycles. The van der Waals surface area contributed by atoms with Gasteiger partial charge in [-0.25, -0.2) is 9.09 Å². The second kappa shape index (κ2) is 2.30. The van der Waals surface area contributed by atoms with E-state index in [0.717, 1.165) is 0 Å². The zero-order valence-corrected chi connectivity index (χ0v) is 4.00. The molecule has 0 unspecified atom stereocenters. The number of aliphatic hydroxyl groups is 3. The standard InChI is InChI=1S/CH3O5P/c2-1(3,4)6-7-5/h2-4H. The smallest absolute Gasteiger partial charge is 0.319 e. The van der Waals surface area contributed by atoms with Crippen molar-refractivity contribution in [3.05, 3.63) is 0 Å². The quantitative estimate of drug-likeness (QED) is 0.319. The molecule has 0 aliphatic heterocycles. The van der Waals surface area contributed by atoms with Crippen LogP contribution in [0.3, 0.4) is 0 Å². The lowest BCUT2D eigenvalue weighted by Crippen LogP contribution is -2.26. The van der Waals surface area contributed by atoms with Crippen molar-refractivity contribution in [3.8, 4) is 0 Å². The van der Waals surface area contributed by atoms with Crippen molar-refractivity contribution in [2.45, 2.75) is 6.16 Å². The predicted octanol–water partition coefficient (Wildman–Crippen LogP) is -1.20. The van der Waals surface area contributed by atoms with Gasteiger partial charge in [0.15, 0.2) is 0 Å². The summed E-state index contributed by atoms with van der Waals surface area (Å²) in [5, 5.41) is 23.1. The van der Waals surface area contributed by atoms with Crippen molar-refractivity contribution in [1.29, 1.82) is 0 Å². The van der Waals surface area contributed by atoms with E-state index in [2.05, 4.69) is 4.52 Å². The maximum absolute atomic E-state index is 9.22. The molecule has 0 aromatic rings. The minimum Gasteiger partial charge on any atom is -0.319 e. The van der Waals surface area contributed by atoms with E-state index < -0.39 is 14.8 Å². The molecule has 0 rings (SSSR count). The average Bonchev–Trinajstić information content (AvgIpc) is 1.30. The molecule has 0 fully saturated rings. The van der Waals surface area contributed by atoms with Gasteiger partial charge in [-0.1, -0.05) is 0 Å². The lowest BCUT2D eigenvalue weighted by Gasteiger charge is -2.05. The van der Waals surface area contributed by atoms with Crippen molar-refractivity contribution >= 4 is 8.69 Å². The molecule has 5 nitrogen and oxygen atoms in total. The van der Waals surface area contributed by atoms with E-state index in [0.29, 0.717) is 0 Å². The summed E-state index contributed by atoms with van der Waals surface area (Å²) < 4.78 is 12.5. The van der Waals surface area contributed by atoms with Gasteiger partial charge < -0.3 is 15.3 Å². The van der Waals surface area contributed by atoms with Crippen LogP contribution in [0.4, 0.5) is 0 Å². The van der Waals surface area contributed by atoms with Crippen LogP contribution in [0.15, 0.2) is 0 Å². The Morgan fingerprint density at radius 3 is 1.86 bits per heavy atom.